The summed E-state index contributed by atoms with van der Waals surface area (Å²) in [5, 5.41) is 10.3. The number of hydrogen-bond donors (Lipinski definition) is 0. The average Bonchev–Trinajstić information content (AvgIpc) is 1.86. The Bertz CT molecular complexity index is 157. The second-order valence-corrected chi connectivity index (χ2v) is 2.85. The van der Waals surface area contributed by atoms with Crippen LogP contribution in [0.5, 0.6) is 0 Å². The molecule has 2 nitrogen and oxygen atoms in total. The van der Waals surface area contributed by atoms with Gasteiger partial charge in [-0.25, -0.2) is 0 Å². The summed E-state index contributed by atoms with van der Waals surface area (Å²) in [4.78, 5) is 9.97. The van der Waals surface area contributed by atoms with Gasteiger partial charge < -0.3 is 9.90 Å². The molecule has 0 aromatic heterocycles. The maximum Gasteiger partial charge on any atom is 1.00 e. The van der Waals surface area contributed by atoms with Crippen LogP contribution < -0.4 is 56.5 Å². The molecule has 0 saturated heterocycles. The summed E-state index contributed by atoms with van der Waals surface area (Å²) in [6.45, 7) is 2.08. The average molecular weight is 215 g/mol. The second kappa shape index (κ2) is 10.2. The van der Waals surface area contributed by atoms with Crippen molar-refractivity contribution in [3.05, 3.63) is 11.1 Å². The van der Waals surface area contributed by atoms with E-state index in [1.165, 1.54) is 0 Å². The third-order valence-corrected chi connectivity index (χ3v) is 1.59. The normalized spacial score (nSPS) is 10.7. The fourth-order valence-electron chi connectivity index (χ4n) is 0.744. The van der Waals surface area contributed by atoms with E-state index < -0.39 is 5.97 Å². The van der Waals surface area contributed by atoms with Gasteiger partial charge in [0.2, 0.25) is 0 Å². The Kier molecular flexibility index (Phi) is 13.3. The molecule has 0 heterocycles. The molecule has 0 radical (unpaired) electrons. The van der Waals surface area contributed by atoms with Crippen molar-refractivity contribution < 1.29 is 61.3 Å². The minimum atomic E-state index is -1.22. The summed E-state index contributed by atoms with van der Waals surface area (Å²) in [6.07, 6.45) is 4.71. The van der Waals surface area contributed by atoms with Gasteiger partial charge in [-0.1, -0.05) is 31.4 Å². The molecule has 4 heteroatoms. The fraction of sp³-hybridized carbons (Fsp3) is 0.625. The molecule has 0 fully saturated rings. The molecule has 12 heavy (non-hydrogen) atoms. The monoisotopic (exact) mass is 214 g/mol. The Labute approximate surface area is 121 Å². The molecule has 0 aromatic rings. The van der Waals surface area contributed by atoms with Crippen molar-refractivity contribution in [2.24, 2.45) is 0 Å². The van der Waals surface area contributed by atoms with Gasteiger partial charge in [0.05, 0.1) is 5.97 Å². The molecular formula is C8H12ClKO2. The summed E-state index contributed by atoms with van der Waals surface area (Å²) in [5.74, 6) is -1.22. The topological polar surface area (TPSA) is 40.1 Å². The molecule has 0 aliphatic rings. The summed E-state index contributed by atoms with van der Waals surface area (Å²) in [7, 11) is 0. The number of aliphatic carboxylic acids is 1. The summed E-state index contributed by atoms with van der Waals surface area (Å²) in [6, 6.07) is 0. The van der Waals surface area contributed by atoms with Crippen molar-refractivity contribution in [2.75, 3.05) is 0 Å². The van der Waals surface area contributed by atoms with Crippen LogP contribution in [0.2, 0.25) is 0 Å². The Balaban J connectivity index is 0. The molecule has 64 valence electrons. The zero-order chi connectivity index (χ0) is 8.69. The molecule has 0 aliphatic heterocycles. The van der Waals surface area contributed by atoms with E-state index in [1.807, 2.05) is 0 Å². The van der Waals surface area contributed by atoms with Gasteiger partial charge in [0.15, 0.2) is 0 Å². The van der Waals surface area contributed by atoms with Crippen LogP contribution in [0.25, 0.3) is 0 Å². The van der Waals surface area contributed by atoms with Crippen LogP contribution in [0.4, 0.5) is 0 Å². The van der Waals surface area contributed by atoms with Crippen molar-refractivity contribution >= 4 is 17.6 Å². The van der Waals surface area contributed by atoms with E-state index in [0.717, 1.165) is 25.3 Å². The molecule has 0 saturated carbocycles. The number of carbonyl (C=O) groups excluding carboxylic acids is 1. The van der Waals surface area contributed by atoms with Gasteiger partial charge in [0.1, 0.15) is 0 Å². The molecular weight excluding hydrogens is 203 g/mol. The number of halogens is 1. The fourth-order valence-corrected chi connectivity index (χ4v) is 0.967. The quantitative estimate of drug-likeness (QED) is 0.316. The molecule has 0 rings (SSSR count). The molecule has 0 amide bonds. The van der Waals surface area contributed by atoms with Crippen LogP contribution in [0.15, 0.2) is 11.1 Å². The zero-order valence-electron chi connectivity index (χ0n) is 7.60. The van der Waals surface area contributed by atoms with Gasteiger partial charge in [0, 0.05) is 5.03 Å². The first kappa shape index (κ1) is 15.6. The largest absolute Gasteiger partial charge is 1.00 e. The molecule has 0 N–H and O–H groups in total. The first-order chi connectivity index (χ1) is 5.16. The van der Waals surface area contributed by atoms with Crippen LogP contribution in [0, 0.1) is 0 Å². The smallest absolute Gasteiger partial charge is 0.545 e. The number of hydrogen-bond acceptors (Lipinski definition) is 2. The number of carbonyl (C=O) groups is 1. The maximum atomic E-state index is 9.97. The van der Waals surface area contributed by atoms with Gasteiger partial charge >= 0.3 is 51.4 Å². The van der Waals surface area contributed by atoms with Gasteiger partial charge in [0.25, 0.3) is 0 Å². The molecule has 0 aliphatic carbocycles. The van der Waals surface area contributed by atoms with E-state index in [4.69, 9.17) is 11.6 Å². The Hall–Kier alpha value is 1.14. The van der Waals surface area contributed by atoms with E-state index in [0.29, 0.717) is 11.5 Å². The number of allylic oxidation sites excluding steroid dienone is 1. The van der Waals surface area contributed by atoms with Crippen LogP contribution in [-0.2, 0) is 4.79 Å². The second-order valence-electron chi connectivity index (χ2n) is 2.37. The molecule has 0 atom stereocenters. The van der Waals surface area contributed by atoms with Crippen molar-refractivity contribution in [1.29, 1.82) is 0 Å². The number of unbranched alkanes of at least 4 members (excludes halogenated alkanes) is 2. The van der Waals surface area contributed by atoms with Crippen LogP contribution >= 0.6 is 11.6 Å². The zero-order valence-corrected chi connectivity index (χ0v) is 11.5. The standard InChI is InChI=1S/C8H13ClO2.K/c1-2-3-4-5-7(9)6-8(10)11;/h6H,2-5H2,1H3,(H,10,11);/q;+1/p-1/b7-6-;. The summed E-state index contributed by atoms with van der Waals surface area (Å²) in [5.41, 5.74) is 0. The molecule has 0 aromatic carbocycles. The maximum absolute atomic E-state index is 9.97. The predicted molar refractivity (Wildman–Crippen MR) is 43.1 cm³/mol. The third kappa shape index (κ3) is 11.1. The van der Waals surface area contributed by atoms with E-state index >= 15 is 0 Å². The Morgan fingerprint density at radius 1 is 1.50 bits per heavy atom. The van der Waals surface area contributed by atoms with Gasteiger partial charge in [-0.2, -0.15) is 0 Å². The van der Waals surface area contributed by atoms with Crippen molar-refractivity contribution in [2.45, 2.75) is 32.6 Å². The van der Waals surface area contributed by atoms with E-state index in [2.05, 4.69) is 6.92 Å². The minimum Gasteiger partial charge on any atom is -0.545 e. The van der Waals surface area contributed by atoms with Crippen molar-refractivity contribution in [3.8, 4) is 0 Å². The number of rotatable bonds is 5. The minimum absolute atomic E-state index is 0. The van der Waals surface area contributed by atoms with Crippen LogP contribution in [0.3, 0.4) is 0 Å². The Morgan fingerprint density at radius 2 is 2.08 bits per heavy atom. The first-order valence-electron chi connectivity index (χ1n) is 3.74. The van der Waals surface area contributed by atoms with Gasteiger partial charge in [-0.15, -0.1) is 0 Å². The number of carboxylic acids is 1. The molecule has 0 unspecified atom stereocenters. The van der Waals surface area contributed by atoms with E-state index in [9.17, 15) is 9.90 Å². The van der Waals surface area contributed by atoms with Gasteiger partial charge in [-0.05, 0) is 18.9 Å². The van der Waals surface area contributed by atoms with Crippen molar-refractivity contribution in [3.63, 3.8) is 0 Å². The SMILES string of the molecule is CCCCC/C(Cl)=C/C(=O)[O-].[K+]. The molecule has 0 bridgehead atoms. The van der Waals surface area contributed by atoms with Crippen LogP contribution in [0.1, 0.15) is 32.6 Å². The predicted octanol–water partition coefficient (Wildman–Crippen LogP) is -1.56. The van der Waals surface area contributed by atoms with E-state index in [-0.39, 0.29) is 51.4 Å². The third-order valence-electron chi connectivity index (χ3n) is 1.29. The number of carboxylic acid groups (broad SMARTS) is 1. The van der Waals surface area contributed by atoms with Gasteiger partial charge in [-0.3, -0.25) is 0 Å². The van der Waals surface area contributed by atoms with Crippen molar-refractivity contribution in [1.82, 2.24) is 0 Å². The summed E-state index contributed by atoms with van der Waals surface area (Å²) < 4.78 is 0. The van der Waals surface area contributed by atoms with Crippen LogP contribution in [-0.4, -0.2) is 5.97 Å². The Morgan fingerprint density at radius 3 is 2.50 bits per heavy atom. The molecule has 0 spiro atoms. The summed E-state index contributed by atoms with van der Waals surface area (Å²) >= 11 is 5.55. The van der Waals surface area contributed by atoms with E-state index in [1.54, 1.807) is 0 Å². The first-order valence-corrected chi connectivity index (χ1v) is 4.11.